The molecule has 1 saturated carbocycles. The standard InChI is InChI=1S/C19H19Cl2N3O/c1-18(2,25)14-5-3-10-24-16(14)22-23-17(24)19(8-4-9-19)13-7-6-12(20)11-15(13)21/h3,5-7,10-11,25H,4,8-9H2,1-2H3. The average Bonchev–Trinajstić information content (AvgIpc) is 2.91. The van der Waals surface area contributed by atoms with Crippen molar-refractivity contribution in [2.45, 2.75) is 44.1 Å². The number of aliphatic hydroxyl groups is 1. The van der Waals surface area contributed by atoms with Crippen LogP contribution in [0.5, 0.6) is 0 Å². The van der Waals surface area contributed by atoms with Gasteiger partial charge in [0.2, 0.25) is 0 Å². The zero-order valence-corrected chi connectivity index (χ0v) is 15.6. The van der Waals surface area contributed by atoms with E-state index in [4.69, 9.17) is 23.2 Å². The van der Waals surface area contributed by atoms with Gasteiger partial charge in [-0.05, 0) is 50.5 Å². The fraction of sp³-hybridized carbons (Fsp3) is 0.368. The molecule has 0 saturated heterocycles. The summed E-state index contributed by atoms with van der Waals surface area (Å²) in [6, 6.07) is 9.45. The third kappa shape index (κ3) is 2.55. The van der Waals surface area contributed by atoms with Gasteiger partial charge in [0.05, 0.1) is 11.0 Å². The highest BCUT2D eigenvalue weighted by Gasteiger charge is 2.45. The maximum absolute atomic E-state index is 10.4. The van der Waals surface area contributed by atoms with Crippen LogP contribution in [0.3, 0.4) is 0 Å². The third-order valence-electron chi connectivity index (χ3n) is 5.18. The largest absolute Gasteiger partial charge is 0.386 e. The number of halogens is 2. The molecule has 0 spiro atoms. The fourth-order valence-electron chi connectivity index (χ4n) is 3.74. The molecule has 0 atom stereocenters. The van der Waals surface area contributed by atoms with Crippen molar-refractivity contribution in [2.24, 2.45) is 0 Å². The molecule has 25 heavy (non-hydrogen) atoms. The smallest absolute Gasteiger partial charge is 0.166 e. The Labute approximate surface area is 156 Å². The Balaban J connectivity index is 1.94. The molecule has 130 valence electrons. The molecule has 2 heterocycles. The summed E-state index contributed by atoms with van der Waals surface area (Å²) in [5.74, 6) is 0.865. The summed E-state index contributed by atoms with van der Waals surface area (Å²) in [7, 11) is 0. The minimum atomic E-state index is -0.989. The van der Waals surface area contributed by atoms with Gasteiger partial charge in [-0.15, -0.1) is 10.2 Å². The molecule has 4 rings (SSSR count). The van der Waals surface area contributed by atoms with E-state index >= 15 is 0 Å². The van der Waals surface area contributed by atoms with E-state index in [1.807, 2.05) is 34.9 Å². The van der Waals surface area contributed by atoms with Gasteiger partial charge in [0.25, 0.3) is 0 Å². The van der Waals surface area contributed by atoms with E-state index in [-0.39, 0.29) is 5.41 Å². The van der Waals surface area contributed by atoms with Crippen LogP contribution in [0.1, 0.15) is 50.1 Å². The van der Waals surface area contributed by atoms with Crippen LogP contribution in [-0.4, -0.2) is 19.7 Å². The van der Waals surface area contributed by atoms with Gasteiger partial charge >= 0.3 is 0 Å². The second-order valence-electron chi connectivity index (χ2n) is 7.26. The van der Waals surface area contributed by atoms with Crippen molar-refractivity contribution in [3.63, 3.8) is 0 Å². The van der Waals surface area contributed by atoms with Crippen LogP contribution < -0.4 is 0 Å². The molecule has 6 heteroatoms. The molecular formula is C19H19Cl2N3O. The van der Waals surface area contributed by atoms with Crippen LogP contribution in [0.2, 0.25) is 10.0 Å². The van der Waals surface area contributed by atoms with Crippen LogP contribution in [0.4, 0.5) is 0 Å². The number of rotatable bonds is 3. The Bertz CT molecular complexity index is 955. The first-order chi connectivity index (χ1) is 11.8. The number of hydrogen-bond donors (Lipinski definition) is 1. The molecular weight excluding hydrogens is 357 g/mol. The molecule has 0 amide bonds. The van der Waals surface area contributed by atoms with Crippen molar-refractivity contribution < 1.29 is 5.11 Å². The summed E-state index contributed by atoms with van der Waals surface area (Å²) in [6.07, 6.45) is 4.98. The Morgan fingerprint density at radius 2 is 1.92 bits per heavy atom. The lowest BCUT2D eigenvalue weighted by Gasteiger charge is -2.41. The van der Waals surface area contributed by atoms with E-state index < -0.39 is 5.60 Å². The van der Waals surface area contributed by atoms with Gasteiger partial charge in [-0.3, -0.25) is 4.40 Å². The average molecular weight is 376 g/mol. The van der Waals surface area contributed by atoms with Gasteiger partial charge in [0, 0.05) is 21.8 Å². The first-order valence-electron chi connectivity index (χ1n) is 8.35. The van der Waals surface area contributed by atoms with Gasteiger partial charge in [-0.2, -0.15) is 0 Å². The van der Waals surface area contributed by atoms with Crippen molar-refractivity contribution >= 4 is 28.8 Å². The fourth-order valence-corrected chi connectivity index (χ4v) is 4.33. The molecule has 4 nitrogen and oxygen atoms in total. The number of aromatic nitrogens is 3. The minimum Gasteiger partial charge on any atom is -0.386 e. The maximum atomic E-state index is 10.4. The van der Waals surface area contributed by atoms with E-state index in [2.05, 4.69) is 10.2 Å². The van der Waals surface area contributed by atoms with Crippen LogP contribution in [0.15, 0.2) is 36.5 Å². The van der Waals surface area contributed by atoms with E-state index in [1.165, 1.54) is 0 Å². The van der Waals surface area contributed by atoms with Gasteiger partial charge in [0.15, 0.2) is 5.65 Å². The molecule has 1 aliphatic carbocycles. The molecule has 1 aliphatic rings. The summed E-state index contributed by atoms with van der Waals surface area (Å²) < 4.78 is 1.98. The highest BCUT2D eigenvalue weighted by atomic mass is 35.5. The normalized spacial score (nSPS) is 16.8. The Morgan fingerprint density at radius 1 is 1.16 bits per heavy atom. The van der Waals surface area contributed by atoms with Crippen molar-refractivity contribution in [2.75, 3.05) is 0 Å². The molecule has 3 aromatic rings. The SMILES string of the molecule is CC(C)(O)c1cccn2c(C3(c4ccc(Cl)cc4Cl)CCC3)nnc12. The van der Waals surface area contributed by atoms with Crippen molar-refractivity contribution in [1.29, 1.82) is 0 Å². The van der Waals surface area contributed by atoms with Crippen LogP contribution in [-0.2, 0) is 11.0 Å². The molecule has 0 unspecified atom stereocenters. The number of benzene rings is 1. The minimum absolute atomic E-state index is 0.265. The van der Waals surface area contributed by atoms with Crippen molar-refractivity contribution in [3.8, 4) is 0 Å². The molecule has 1 fully saturated rings. The summed E-state index contributed by atoms with van der Waals surface area (Å²) >= 11 is 12.6. The molecule has 2 aromatic heterocycles. The number of nitrogens with zero attached hydrogens (tertiary/aromatic N) is 3. The maximum Gasteiger partial charge on any atom is 0.166 e. The lowest BCUT2D eigenvalue weighted by Crippen LogP contribution is -2.38. The van der Waals surface area contributed by atoms with Gasteiger partial charge in [0.1, 0.15) is 5.82 Å². The first kappa shape index (κ1) is 16.8. The van der Waals surface area contributed by atoms with Gasteiger partial charge in [-0.1, -0.05) is 41.8 Å². The van der Waals surface area contributed by atoms with Crippen LogP contribution in [0, 0.1) is 0 Å². The Hall–Kier alpha value is -1.62. The van der Waals surface area contributed by atoms with E-state index in [0.29, 0.717) is 15.7 Å². The summed E-state index contributed by atoms with van der Waals surface area (Å²) in [5.41, 5.74) is 1.22. The van der Waals surface area contributed by atoms with Gasteiger partial charge in [-0.25, -0.2) is 0 Å². The third-order valence-corrected chi connectivity index (χ3v) is 5.72. The van der Waals surface area contributed by atoms with Crippen molar-refractivity contribution in [3.05, 3.63) is 63.5 Å². The lowest BCUT2D eigenvalue weighted by molar-refractivity contribution is 0.0796. The van der Waals surface area contributed by atoms with E-state index in [9.17, 15) is 5.11 Å². The molecule has 0 bridgehead atoms. The topological polar surface area (TPSA) is 50.4 Å². The van der Waals surface area contributed by atoms with Crippen LogP contribution in [0.25, 0.3) is 5.65 Å². The second-order valence-corrected chi connectivity index (χ2v) is 8.10. The Kier molecular flexibility index (Phi) is 3.83. The zero-order chi connectivity index (χ0) is 17.8. The predicted molar refractivity (Wildman–Crippen MR) is 99.3 cm³/mol. The predicted octanol–water partition coefficient (Wildman–Crippen LogP) is 4.73. The highest BCUT2D eigenvalue weighted by Crippen LogP contribution is 2.50. The summed E-state index contributed by atoms with van der Waals surface area (Å²) in [4.78, 5) is 0. The Morgan fingerprint density at radius 3 is 2.52 bits per heavy atom. The lowest BCUT2D eigenvalue weighted by atomic mass is 9.64. The zero-order valence-electron chi connectivity index (χ0n) is 14.1. The molecule has 1 aromatic carbocycles. The van der Waals surface area contributed by atoms with Crippen molar-refractivity contribution in [1.82, 2.24) is 14.6 Å². The summed E-state index contributed by atoms with van der Waals surface area (Å²) in [5, 5.41) is 20.6. The number of hydrogen-bond acceptors (Lipinski definition) is 3. The first-order valence-corrected chi connectivity index (χ1v) is 9.11. The number of pyridine rings is 1. The van der Waals surface area contributed by atoms with Gasteiger partial charge < -0.3 is 5.11 Å². The van der Waals surface area contributed by atoms with E-state index in [1.54, 1.807) is 19.9 Å². The van der Waals surface area contributed by atoms with Crippen LogP contribution >= 0.6 is 23.2 Å². The quantitative estimate of drug-likeness (QED) is 0.719. The highest BCUT2D eigenvalue weighted by molar-refractivity contribution is 6.35. The molecule has 1 N–H and O–H groups in total. The molecule has 0 aliphatic heterocycles. The van der Waals surface area contributed by atoms with E-state index in [0.717, 1.165) is 36.2 Å². The monoisotopic (exact) mass is 375 g/mol. The molecule has 0 radical (unpaired) electrons. The second kappa shape index (κ2) is 5.70. The number of fused-ring (bicyclic) bond motifs is 1. The summed E-state index contributed by atoms with van der Waals surface area (Å²) in [6.45, 7) is 3.51.